The van der Waals surface area contributed by atoms with E-state index in [1.165, 1.54) is 57.8 Å². The lowest BCUT2D eigenvalue weighted by Crippen LogP contribution is -2.61. The molecule has 1 aliphatic rings. The van der Waals surface area contributed by atoms with Crippen molar-refractivity contribution in [3.8, 4) is 0 Å². The number of carbonyl (C=O) groups is 4. The number of hydrogen-bond donors (Lipinski definition) is 3. The lowest BCUT2D eigenvalue weighted by atomic mass is 9.98. The van der Waals surface area contributed by atoms with E-state index >= 15 is 0 Å². The fourth-order valence-corrected chi connectivity index (χ4v) is 8.64. The Morgan fingerprint density at radius 1 is 0.453 bits per heavy atom. The van der Waals surface area contributed by atoms with E-state index in [4.69, 9.17) is 23.7 Å². The molecule has 75 heavy (non-hydrogen) atoms. The minimum atomic E-state index is -1.91. The van der Waals surface area contributed by atoms with Gasteiger partial charge in [-0.25, -0.2) is 4.79 Å². The SMILES string of the molecule is CC/C=C\C/C=C\C/C=C\CCCCCCCC(=O)OC1C(OCC(COC(=O)CCCCCCC/C=C\C/C=C\CCCCC)OC(=O)CCCCCCC/C=C\CCCCCCCC)OC(C(=O)O)C(O)C1O. The second-order valence-electron chi connectivity index (χ2n) is 20.2. The highest BCUT2D eigenvalue weighted by molar-refractivity contribution is 5.74. The van der Waals surface area contributed by atoms with Gasteiger partial charge in [0.25, 0.3) is 0 Å². The summed E-state index contributed by atoms with van der Waals surface area (Å²) in [5, 5.41) is 31.5. The van der Waals surface area contributed by atoms with Crippen LogP contribution in [-0.2, 0) is 42.9 Å². The molecule has 12 nitrogen and oxygen atoms in total. The maximum atomic E-state index is 13.1. The van der Waals surface area contributed by atoms with Crippen molar-refractivity contribution >= 4 is 23.9 Å². The van der Waals surface area contributed by atoms with Crippen molar-refractivity contribution in [1.29, 1.82) is 0 Å². The molecule has 6 unspecified atom stereocenters. The minimum Gasteiger partial charge on any atom is -0.479 e. The average molecular weight is 1060 g/mol. The van der Waals surface area contributed by atoms with Crippen LogP contribution in [0.2, 0.25) is 0 Å². The van der Waals surface area contributed by atoms with Gasteiger partial charge in [0.15, 0.2) is 24.6 Å². The van der Waals surface area contributed by atoms with E-state index in [0.29, 0.717) is 19.3 Å². The van der Waals surface area contributed by atoms with E-state index in [9.17, 15) is 34.5 Å². The van der Waals surface area contributed by atoms with Crippen molar-refractivity contribution in [2.24, 2.45) is 0 Å². The molecule has 1 saturated heterocycles. The van der Waals surface area contributed by atoms with Crippen LogP contribution in [0.4, 0.5) is 0 Å². The van der Waals surface area contributed by atoms with Crippen molar-refractivity contribution in [2.45, 2.75) is 289 Å². The normalized spacial score (nSPS) is 18.7. The molecule has 1 aliphatic heterocycles. The predicted molar refractivity (Wildman–Crippen MR) is 303 cm³/mol. The highest BCUT2D eigenvalue weighted by atomic mass is 16.7. The lowest BCUT2D eigenvalue weighted by molar-refractivity contribution is -0.301. The number of carboxylic acids is 1. The number of unbranched alkanes of at least 4 members (excludes halogenated alkanes) is 24. The van der Waals surface area contributed by atoms with Gasteiger partial charge in [-0.05, 0) is 109 Å². The van der Waals surface area contributed by atoms with E-state index in [-0.39, 0.29) is 25.9 Å². The van der Waals surface area contributed by atoms with Gasteiger partial charge < -0.3 is 39.0 Å². The Labute approximate surface area is 455 Å². The molecule has 0 saturated carbocycles. The Balaban J connectivity index is 2.72. The fourth-order valence-electron chi connectivity index (χ4n) is 8.64. The molecule has 0 aromatic carbocycles. The molecule has 1 rings (SSSR count). The number of aliphatic hydroxyl groups excluding tert-OH is 2. The quantitative estimate of drug-likeness (QED) is 0.0228. The summed E-state index contributed by atoms with van der Waals surface area (Å²) in [7, 11) is 0. The smallest absolute Gasteiger partial charge is 0.335 e. The number of aliphatic carboxylic acids is 1. The van der Waals surface area contributed by atoms with Gasteiger partial charge in [0.2, 0.25) is 0 Å². The molecule has 0 spiro atoms. The molecule has 430 valence electrons. The Bertz CT molecular complexity index is 1580. The van der Waals surface area contributed by atoms with Crippen LogP contribution in [0.3, 0.4) is 0 Å². The second kappa shape index (κ2) is 50.9. The van der Waals surface area contributed by atoms with Gasteiger partial charge in [0.05, 0.1) is 6.61 Å². The number of carbonyl (C=O) groups excluding carboxylic acids is 3. The summed E-state index contributed by atoms with van der Waals surface area (Å²) in [5.74, 6) is -3.17. The van der Waals surface area contributed by atoms with Crippen LogP contribution in [0.5, 0.6) is 0 Å². The highest BCUT2D eigenvalue weighted by Crippen LogP contribution is 2.26. The standard InChI is InChI=1S/C63H106O12/c1-4-7-10-13-16-19-22-25-28-31-34-37-40-43-46-49-55(64)71-52-54(73-56(65)50-47-44-41-38-35-32-29-26-23-20-17-14-11-8-5-2)53-72-63-61(59(68)58(67)60(75-63)62(69)70)74-57(66)51-48-45-42-39-36-33-30-27-24-21-18-15-12-9-6-3/h9,12,16,18-19,21,25-30,54,58-61,63,67-68H,4-8,10-11,13-15,17,20,22-24,31-53H2,1-3H3,(H,69,70)/b12-9-,19-16-,21-18-,28-25-,29-26-,30-27-. The molecule has 0 aromatic rings. The van der Waals surface area contributed by atoms with Crippen molar-refractivity contribution in [3.63, 3.8) is 0 Å². The summed E-state index contributed by atoms with van der Waals surface area (Å²) < 4.78 is 28.4. The van der Waals surface area contributed by atoms with E-state index in [1.54, 1.807) is 0 Å². The van der Waals surface area contributed by atoms with Crippen LogP contribution in [0, 0.1) is 0 Å². The summed E-state index contributed by atoms with van der Waals surface area (Å²) in [4.78, 5) is 51.1. The Kier molecular flexibility index (Phi) is 47.0. The summed E-state index contributed by atoms with van der Waals surface area (Å²) >= 11 is 0. The minimum absolute atomic E-state index is 0.0370. The van der Waals surface area contributed by atoms with Crippen LogP contribution >= 0.6 is 0 Å². The van der Waals surface area contributed by atoms with Gasteiger partial charge in [0.1, 0.15) is 18.8 Å². The third-order valence-electron chi connectivity index (χ3n) is 13.2. The molecule has 0 amide bonds. The van der Waals surface area contributed by atoms with Gasteiger partial charge in [-0.3, -0.25) is 14.4 Å². The van der Waals surface area contributed by atoms with E-state index in [1.807, 2.05) is 0 Å². The van der Waals surface area contributed by atoms with Gasteiger partial charge in [0, 0.05) is 19.3 Å². The van der Waals surface area contributed by atoms with Gasteiger partial charge in [-0.1, -0.05) is 196 Å². The third-order valence-corrected chi connectivity index (χ3v) is 13.2. The molecule has 6 atom stereocenters. The molecule has 0 aliphatic carbocycles. The van der Waals surface area contributed by atoms with Crippen LogP contribution in [0.25, 0.3) is 0 Å². The zero-order chi connectivity index (χ0) is 54.7. The van der Waals surface area contributed by atoms with Crippen LogP contribution in [-0.4, -0.2) is 89.2 Å². The van der Waals surface area contributed by atoms with Gasteiger partial charge >= 0.3 is 23.9 Å². The Morgan fingerprint density at radius 2 is 0.840 bits per heavy atom. The van der Waals surface area contributed by atoms with E-state index < -0.39 is 67.3 Å². The number of carboxylic acid groups (broad SMARTS) is 1. The van der Waals surface area contributed by atoms with E-state index in [2.05, 4.69) is 93.7 Å². The average Bonchev–Trinajstić information content (AvgIpc) is 3.39. The first kappa shape index (κ1) is 69.2. The molecular weight excluding hydrogens is 949 g/mol. The van der Waals surface area contributed by atoms with E-state index in [0.717, 1.165) is 135 Å². The van der Waals surface area contributed by atoms with Crippen molar-refractivity contribution in [1.82, 2.24) is 0 Å². The molecule has 3 N–H and O–H groups in total. The number of esters is 3. The Morgan fingerprint density at radius 3 is 1.32 bits per heavy atom. The summed E-state index contributed by atoms with van der Waals surface area (Å²) in [6.45, 7) is 5.83. The van der Waals surface area contributed by atoms with Crippen LogP contribution in [0.1, 0.15) is 252 Å². The van der Waals surface area contributed by atoms with Crippen molar-refractivity contribution in [2.75, 3.05) is 13.2 Å². The van der Waals surface area contributed by atoms with Crippen molar-refractivity contribution < 1.29 is 58.2 Å². The number of aliphatic hydroxyl groups is 2. The summed E-state index contributed by atoms with van der Waals surface area (Å²) in [5.41, 5.74) is 0. The predicted octanol–water partition coefficient (Wildman–Crippen LogP) is 15.3. The van der Waals surface area contributed by atoms with Crippen LogP contribution < -0.4 is 0 Å². The molecule has 0 bridgehead atoms. The molecule has 12 heteroatoms. The zero-order valence-corrected chi connectivity index (χ0v) is 47.3. The molecule has 1 heterocycles. The summed E-state index contributed by atoms with van der Waals surface area (Å²) in [6.07, 6.45) is 51.5. The second-order valence-corrected chi connectivity index (χ2v) is 20.2. The largest absolute Gasteiger partial charge is 0.479 e. The first-order valence-electron chi connectivity index (χ1n) is 29.9. The third kappa shape index (κ3) is 41.0. The molecule has 0 radical (unpaired) electrons. The molecule has 0 aromatic heterocycles. The van der Waals surface area contributed by atoms with Crippen molar-refractivity contribution in [3.05, 3.63) is 72.9 Å². The van der Waals surface area contributed by atoms with Gasteiger partial charge in [-0.15, -0.1) is 0 Å². The number of rotatable bonds is 50. The summed E-state index contributed by atoms with van der Waals surface area (Å²) in [6, 6.07) is 0. The Hall–Kier alpha value is -3.84. The monoisotopic (exact) mass is 1050 g/mol. The highest BCUT2D eigenvalue weighted by Gasteiger charge is 2.50. The molecule has 1 fully saturated rings. The maximum absolute atomic E-state index is 13.1. The molecular formula is C63H106O12. The fraction of sp³-hybridized carbons (Fsp3) is 0.746. The first-order chi connectivity index (χ1) is 36.6. The van der Waals surface area contributed by atoms with Crippen LogP contribution in [0.15, 0.2) is 72.9 Å². The lowest BCUT2D eigenvalue weighted by Gasteiger charge is -2.40. The number of allylic oxidation sites excluding steroid dienone is 12. The number of ether oxygens (including phenoxy) is 5. The zero-order valence-electron chi connectivity index (χ0n) is 47.3. The van der Waals surface area contributed by atoms with Gasteiger partial charge in [-0.2, -0.15) is 0 Å². The topological polar surface area (TPSA) is 175 Å². The number of hydrogen-bond acceptors (Lipinski definition) is 11. The first-order valence-corrected chi connectivity index (χ1v) is 29.9. The maximum Gasteiger partial charge on any atom is 0.335 e.